The number of nitrogen functional groups attached to an aromatic ring is 1. The average Bonchev–Trinajstić information content (AvgIpc) is 2.74. The van der Waals surface area contributed by atoms with Crippen molar-refractivity contribution in [3.05, 3.63) is 29.6 Å². The van der Waals surface area contributed by atoms with Gasteiger partial charge >= 0.3 is 0 Å². The van der Waals surface area contributed by atoms with Crippen LogP contribution in [0.5, 0.6) is 0 Å². The number of nitrogens with zero attached hydrogens (tertiary/aromatic N) is 2. The number of aromatic nitrogens is 1. The molecule has 1 fully saturated rings. The van der Waals surface area contributed by atoms with E-state index in [0.29, 0.717) is 24.3 Å². The van der Waals surface area contributed by atoms with E-state index in [-0.39, 0.29) is 12.0 Å². The topological polar surface area (TPSA) is 91.5 Å². The van der Waals surface area contributed by atoms with Gasteiger partial charge in [-0.15, -0.1) is 0 Å². The van der Waals surface area contributed by atoms with Crippen molar-refractivity contribution in [1.82, 2.24) is 15.3 Å². The van der Waals surface area contributed by atoms with Crippen molar-refractivity contribution in [2.45, 2.75) is 19.1 Å². The molecule has 1 amide bonds. The first-order chi connectivity index (χ1) is 8.20. The van der Waals surface area contributed by atoms with E-state index >= 15 is 0 Å². The molecule has 6 heteroatoms. The smallest absolute Gasteiger partial charge is 0.267 e. The Bertz CT molecular complexity index is 410. The molecule has 0 aromatic carbocycles. The molecule has 2 heterocycles. The van der Waals surface area contributed by atoms with Crippen LogP contribution < -0.4 is 11.3 Å². The number of rotatable bonds is 3. The monoisotopic (exact) mass is 236 g/mol. The van der Waals surface area contributed by atoms with Crippen LogP contribution in [0.25, 0.3) is 0 Å². The summed E-state index contributed by atoms with van der Waals surface area (Å²) in [7, 11) is 0. The maximum absolute atomic E-state index is 11.5. The van der Waals surface area contributed by atoms with E-state index in [4.69, 9.17) is 5.84 Å². The van der Waals surface area contributed by atoms with Gasteiger partial charge in [0.25, 0.3) is 5.91 Å². The second-order valence-corrected chi connectivity index (χ2v) is 4.15. The van der Waals surface area contributed by atoms with Crippen LogP contribution in [0.1, 0.15) is 22.5 Å². The maximum Gasteiger partial charge on any atom is 0.267 e. The lowest BCUT2D eigenvalue weighted by molar-refractivity contribution is 0.0951. The molecule has 1 aromatic heterocycles. The van der Waals surface area contributed by atoms with Crippen LogP contribution in [0.2, 0.25) is 0 Å². The largest absolute Gasteiger partial charge is 0.392 e. The second-order valence-electron chi connectivity index (χ2n) is 4.15. The first-order valence-corrected chi connectivity index (χ1v) is 5.56. The maximum atomic E-state index is 11.5. The van der Waals surface area contributed by atoms with Crippen LogP contribution in [0.15, 0.2) is 18.3 Å². The lowest BCUT2D eigenvalue weighted by Crippen LogP contribution is -2.32. The fourth-order valence-corrected chi connectivity index (χ4v) is 2.02. The van der Waals surface area contributed by atoms with E-state index in [1.165, 1.54) is 0 Å². The number of carbonyl (C=O) groups is 1. The standard InChI is InChI=1S/C11H16N4O2/c12-14-11(17)9-2-1-4-13-10(9)7-15-5-3-8(16)6-15/h1-2,4,8,16H,3,5-7,12H2,(H,14,17). The van der Waals surface area contributed by atoms with Crippen molar-refractivity contribution in [3.8, 4) is 0 Å². The van der Waals surface area contributed by atoms with Gasteiger partial charge in [0.2, 0.25) is 0 Å². The van der Waals surface area contributed by atoms with Gasteiger partial charge in [-0.3, -0.25) is 20.1 Å². The van der Waals surface area contributed by atoms with Crippen molar-refractivity contribution in [2.75, 3.05) is 13.1 Å². The lowest BCUT2D eigenvalue weighted by Gasteiger charge is -2.15. The Labute approximate surface area is 99.4 Å². The fourth-order valence-electron chi connectivity index (χ4n) is 2.02. The molecule has 0 aliphatic carbocycles. The highest BCUT2D eigenvalue weighted by Crippen LogP contribution is 2.14. The van der Waals surface area contributed by atoms with E-state index in [1.807, 2.05) is 0 Å². The zero-order valence-electron chi connectivity index (χ0n) is 9.47. The zero-order chi connectivity index (χ0) is 12.3. The van der Waals surface area contributed by atoms with E-state index in [2.05, 4.69) is 15.3 Å². The molecular formula is C11H16N4O2. The van der Waals surface area contributed by atoms with Crippen molar-refractivity contribution in [3.63, 3.8) is 0 Å². The zero-order valence-corrected chi connectivity index (χ0v) is 9.47. The van der Waals surface area contributed by atoms with Gasteiger partial charge in [-0.25, -0.2) is 5.84 Å². The molecule has 1 aliphatic heterocycles. The Balaban J connectivity index is 2.12. The van der Waals surface area contributed by atoms with Crippen LogP contribution in [0.3, 0.4) is 0 Å². The molecule has 4 N–H and O–H groups in total. The van der Waals surface area contributed by atoms with Gasteiger partial charge in [0.05, 0.1) is 17.4 Å². The molecule has 1 aliphatic rings. The fraction of sp³-hybridized carbons (Fsp3) is 0.455. The van der Waals surface area contributed by atoms with E-state index in [0.717, 1.165) is 13.0 Å². The Kier molecular flexibility index (Phi) is 3.68. The second kappa shape index (κ2) is 5.22. The third-order valence-corrected chi connectivity index (χ3v) is 2.89. The molecule has 0 spiro atoms. The molecule has 17 heavy (non-hydrogen) atoms. The van der Waals surface area contributed by atoms with E-state index in [1.54, 1.807) is 18.3 Å². The number of hydrogen-bond donors (Lipinski definition) is 3. The molecule has 92 valence electrons. The van der Waals surface area contributed by atoms with Gasteiger partial charge in [0.15, 0.2) is 0 Å². The molecule has 1 atom stereocenters. The molecule has 0 saturated carbocycles. The molecular weight excluding hydrogens is 220 g/mol. The number of amides is 1. The number of nitrogens with two attached hydrogens (primary N) is 1. The molecule has 1 unspecified atom stereocenters. The van der Waals surface area contributed by atoms with Crippen molar-refractivity contribution in [1.29, 1.82) is 0 Å². The average molecular weight is 236 g/mol. The summed E-state index contributed by atoms with van der Waals surface area (Å²) in [5, 5.41) is 9.44. The number of pyridine rings is 1. The van der Waals surface area contributed by atoms with Crippen LogP contribution in [-0.4, -0.2) is 40.1 Å². The predicted molar refractivity (Wildman–Crippen MR) is 61.8 cm³/mol. The molecule has 1 aromatic rings. The van der Waals surface area contributed by atoms with Crippen molar-refractivity contribution < 1.29 is 9.90 Å². The highest BCUT2D eigenvalue weighted by atomic mass is 16.3. The van der Waals surface area contributed by atoms with Gasteiger partial charge < -0.3 is 5.11 Å². The Morgan fingerprint density at radius 3 is 3.18 bits per heavy atom. The van der Waals surface area contributed by atoms with Gasteiger partial charge in [-0.2, -0.15) is 0 Å². The summed E-state index contributed by atoms with van der Waals surface area (Å²) in [6.45, 7) is 2.00. The Hall–Kier alpha value is -1.50. The van der Waals surface area contributed by atoms with Gasteiger partial charge in [-0.1, -0.05) is 0 Å². The van der Waals surface area contributed by atoms with Gasteiger partial charge in [0, 0.05) is 25.8 Å². The lowest BCUT2D eigenvalue weighted by atomic mass is 10.1. The minimum absolute atomic E-state index is 0.273. The first-order valence-electron chi connectivity index (χ1n) is 5.56. The Morgan fingerprint density at radius 1 is 1.71 bits per heavy atom. The number of carbonyl (C=O) groups excluding carboxylic acids is 1. The number of aliphatic hydroxyl groups is 1. The van der Waals surface area contributed by atoms with Crippen LogP contribution in [0, 0.1) is 0 Å². The summed E-state index contributed by atoms with van der Waals surface area (Å²) >= 11 is 0. The Morgan fingerprint density at radius 2 is 2.53 bits per heavy atom. The third kappa shape index (κ3) is 2.79. The highest BCUT2D eigenvalue weighted by molar-refractivity contribution is 5.94. The molecule has 0 radical (unpaired) electrons. The molecule has 0 bridgehead atoms. The summed E-state index contributed by atoms with van der Waals surface area (Å²) in [5.41, 5.74) is 3.28. The van der Waals surface area contributed by atoms with Gasteiger partial charge in [-0.05, 0) is 18.6 Å². The van der Waals surface area contributed by atoms with Gasteiger partial charge in [0.1, 0.15) is 0 Å². The SMILES string of the molecule is NNC(=O)c1cccnc1CN1CCC(O)C1. The summed E-state index contributed by atoms with van der Waals surface area (Å²) < 4.78 is 0. The summed E-state index contributed by atoms with van der Waals surface area (Å²) in [5.74, 6) is 4.78. The van der Waals surface area contributed by atoms with E-state index < -0.39 is 0 Å². The van der Waals surface area contributed by atoms with Crippen molar-refractivity contribution in [2.24, 2.45) is 5.84 Å². The number of aliphatic hydroxyl groups excluding tert-OH is 1. The third-order valence-electron chi connectivity index (χ3n) is 2.89. The molecule has 2 rings (SSSR count). The van der Waals surface area contributed by atoms with Crippen LogP contribution >= 0.6 is 0 Å². The normalized spacial score (nSPS) is 20.5. The summed E-state index contributed by atoms with van der Waals surface area (Å²) in [6.07, 6.45) is 2.14. The van der Waals surface area contributed by atoms with Crippen LogP contribution in [0.4, 0.5) is 0 Å². The first kappa shape index (κ1) is 12.0. The number of nitrogens with one attached hydrogen (secondary N) is 1. The van der Waals surface area contributed by atoms with E-state index in [9.17, 15) is 9.90 Å². The molecule has 1 saturated heterocycles. The highest BCUT2D eigenvalue weighted by Gasteiger charge is 2.22. The summed E-state index contributed by atoms with van der Waals surface area (Å²) in [4.78, 5) is 17.8. The number of likely N-dealkylation sites (tertiary alicyclic amines) is 1. The molecule has 6 nitrogen and oxygen atoms in total. The minimum Gasteiger partial charge on any atom is -0.392 e. The van der Waals surface area contributed by atoms with Crippen molar-refractivity contribution >= 4 is 5.91 Å². The summed E-state index contributed by atoms with van der Waals surface area (Å²) in [6, 6.07) is 3.39. The van der Waals surface area contributed by atoms with Crippen LogP contribution in [-0.2, 0) is 6.54 Å². The number of β-amino-alcohol motifs (C(OH)–C–C–N with tert-alkyl or cyclic N) is 1. The quantitative estimate of drug-likeness (QED) is 0.365. The minimum atomic E-state index is -0.340. The number of hydrazine groups is 1. The predicted octanol–water partition coefficient (Wildman–Crippen LogP) is -0.748. The number of hydrogen-bond acceptors (Lipinski definition) is 5.